The zero-order chi connectivity index (χ0) is 18.3. The SMILES string of the molecule is c1ccc(C(CC2=NCCC2)=NC(c2ccccc2)c2ccccc2)cc1. The van der Waals surface area contributed by atoms with Gasteiger partial charge >= 0.3 is 0 Å². The predicted octanol–water partition coefficient (Wildman–Crippen LogP) is 5.89. The highest BCUT2D eigenvalue weighted by atomic mass is 14.8. The van der Waals surface area contributed by atoms with Crippen molar-refractivity contribution < 1.29 is 0 Å². The van der Waals surface area contributed by atoms with Crippen LogP contribution < -0.4 is 0 Å². The zero-order valence-corrected chi connectivity index (χ0v) is 15.5. The van der Waals surface area contributed by atoms with Gasteiger partial charge in [-0.1, -0.05) is 91.0 Å². The van der Waals surface area contributed by atoms with Crippen molar-refractivity contribution in [1.82, 2.24) is 0 Å². The van der Waals surface area contributed by atoms with Crippen molar-refractivity contribution in [3.8, 4) is 0 Å². The lowest BCUT2D eigenvalue weighted by Gasteiger charge is -2.17. The molecule has 0 unspecified atom stereocenters. The summed E-state index contributed by atoms with van der Waals surface area (Å²) in [5.74, 6) is 0. The van der Waals surface area contributed by atoms with Gasteiger partial charge in [-0.05, 0) is 29.5 Å². The van der Waals surface area contributed by atoms with Crippen molar-refractivity contribution in [2.24, 2.45) is 9.98 Å². The Morgan fingerprint density at radius 2 is 1.33 bits per heavy atom. The van der Waals surface area contributed by atoms with E-state index in [4.69, 9.17) is 4.99 Å². The Morgan fingerprint density at radius 1 is 0.778 bits per heavy atom. The predicted molar refractivity (Wildman–Crippen MR) is 114 cm³/mol. The van der Waals surface area contributed by atoms with E-state index in [1.54, 1.807) is 0 Å². The molecule has 4 rings (SSSR count). The van der Waals surface area contributed by atoms with Crippen LogP contribution in [0.5, 0.6) is 0 Å². The van der Waals surface area contributed by atoms with Crippen LogP contribution in [0, 0.1) is 0 Å². The van der Waals surface area contributed by atoms with Crippen molar-refractivity contribution >= 4 is 11.4 Å². The summed E-state index contributed by atoms with van der Waals surface area (Å²) in [7, 11) is 0. The van der Waals surface area contributed by atoms with Gasteiger partial charge in [-0.25, -0.2) is 0 Å². The van der Waals surface area contributed by atoms with Gasteiger partial charge in [0.05, 0.1) is 0 Å². The molecule has 0 aromatic heterocycles. The van der Waals surface area contributed by atoms with Crippen LogP contribution in [0.1, 0.15) is 42.0 Å². The van der Waals surface area contributed by atoms with E-state index < -0.39 is 0 Å². The maximum absolute atomic E-state index is 5.29. The minimum Gasteiger partial charge on any atom is -0.294 e. The summed E-state index contributed by atoms with van der Waals surface area (Å²) < 4.78 is 0. The fourth-order valence-electron chi connectivity index (χ4n) is 3.56. The second kappa shape index (κ2) is 8.59. The first-order chi connectivity index (χ1) is 13.4. The van der Waals surface area contributed by atoms with Crippen LogP contribution in [0.4, 0.5) is 0 Å². The lowest BCUT2D eigenvalue weighted by Crippen LogP contribution is -2.11. The van der Waals surface area contributed by atoms with Gasteiger partial charge < -0.3 is 0 Å². The standard InChI is InChI=1S/C25H24N2/c1-4-11-20(12-5-1)24(19-23-17-10-18-26-23)27-25(21-13-6-2-7-14-21)22-15-8-3-9-16-22/h1-9,11-16,25H,10,17-19H2. The van der Waals surface area contributed by atoms with E-state index in [0.29, 0.717) is 0 Å². The highest BCUT2D eigenvalue weighted by Gasteiger charge is 2.17. The number of nitrogens with zero attached hydrogens (tertiary/aromatic N) is 2. The quantitative estimate of drug-likeness (QED) is 0.494. The topological polar surface area (TPSA) is 24.7 Å². The zero-order valence-electron chi connectivity index (χ0n) is 15.5. The molecule has 3 aromatic rings. The maximum Gasteiger partial charge on any atom is 0.100 e. The third kappa shape index (κ3) is 4.40. The molecule has 0 fully saturated rings. The molecule has 27 heavy (non-hydrogen) atoms. The maximum atomic E-state index is 5.29. The molecule has 1 heterocycles. The van der Waals surface area contributed by atoms with E-state index in [9.17, 15) is 0 Å². The molecule has 0 aliphatic carbocycles. The Kier molecular flexibility index (Phi) is 5.54. The number of benzene rings is 3. The number of aliphatic imine (C=N–C) groups is 2. The van der Waals surface area contributed by atoms with Crippen LogP contribution in [0.3, 0.4) is 0 Å². The minimum absolute atomic E-state index is 0.00962. The highest BCUT2D eigenvalue weighted by molar-refractivity contribution is 6.13. The summed E-state index contributed by atoms with van der Waals surface area (Å²) in [6.07, 6.45) is 3.09. The van der Waals surface area contributed by atoms with E-state index >= 15 is 0 Å². The second-order valence-corrected chi connectivity index (χ2v) is 6.89. The normalized spacial score (nSPS) is 14.4. The molecule has 2 heteroatoms. The van der Waals surface area contributed by atoms with Crippen molar-refractivity contribution in [2.75, 3.05) is 6.54 Å². The first-order valence-corrected chi connectivity index (χ1v) is 9.64. The minimum atomic E-state index is -0.00962. The Labute approximate surface area is 161 Å². The van der Waals surface area contributed by atoms with Crippen LogP contribution in [0.25, 0.3) is 0 Å². The molecule has 134 valence electrons. The van der Waals surface area contributed by atoms with Crippen LogP contribution >= 0.6 is 0 Å². The summed E-state index contributed by atoms with van der Waals surface area (Å²) in [5.41, 5.74) is 6.01. The van der Waals surface area contributed by atoms with Crippen LogP contribution in [-0.4, -0.2) is 18.0 Å². The van der Waals surface area contributed by atoms with Crippen molar-refractivity contribution in [3.63, 3.8) is 0 Å². The van der Waals surface area contributed by atoms with Gasteiger partial charge in [-0.2, -0.15) is 0 Å². The lowest BCUT2D eigenvalue weighted by atomic mass is 9.97. The monoisotopic (exact) mass is 352 g/mol. The summed E-state index contributed by atoms with van der Waals surface area (Å²) >= 11 is 0. The van der Waals surface area contributed by atoms with Gasteiger partial charge in [-0.3, -0.25) is 9.98 Å². The van der Waals surface area contributed by atoms with Crippen LogP contribution in [0.2, 0.25) is 0 Å². The smallest absolute Gasteiger partial charge is 0.100 e. The fraction of sp³-hybridized carbons (Fsp3) is 0.200. The van der Waals surface area contributed by atoms with Crippen molar-refractivity contribution in [2.45, 2.75) is 25.3 Å². The first-order valence-electron chi connectivity index (χ1n) is 9.64. The van der Waals surface area contributed by atoms with Gasteiger partial charge in [0.1, 0.15) is 6.04 Å². The Morgan fingerprint density at radius 3 is 1.85 bits per heavy atom. The van der Waals surface area contributed by atoms with Gasteiger partial charge in [-0.15, -0.1) is 0 Å². The Balaban J connectivity index is 1.78. The Hall–Kier alpha value is -3.00. The number of rotatable bonds is 6. The molecule has 0 atom stereocenters. The Bertz CT molecular complexity index is 873. The molecule has 0 saturated heterocycles. The average Bonchev–Trinajstić information content (AvgIpc) is 3.26. The van der Waals surface area contributed by atoms with Crippen molar-refractivity contribution in [3.05, 3.63) is 108 Å². The lowest BCUT2D eigenvalue weighted by molar-refractivity contribution is 0.869. The molecule has 2 nitrogen and oxygen atoms in total. The van der Waals surface area contributed by atoms with E-state index in [1.807, 2.05) is 0 Å². The molecule has 0 bridgehead atoms. The van der Waals surface area contributed by atoms with Gasteiger partial charge in [0, 0.05) is 24.4 Å². The third-order valence-corrected chi connectivity index (χ3v) is 4.95. The van der Waals surface area contributed by atoms with Gasteiger partial charge in [0.15, 0.2) is 0 Å². The fourth-order valence-corrected chi connectivity index (χ4v) is 3.56. The molecular weight excluding hydrogens is 328 g/mol. The van der Waals surface area contributed by atoms with Crippen LogP contribution in [-0.2, 0) is 0 Å². The van der Waals surface area contributed by atoms with Crippen LogP contribution in [0.15, 0.2) is 101 Å². The number of hydrogen-bond acceptors (Lipinski definition) is 2. The summed E-state index contributed by atoms with van der Waals surface area (Å²) in [6, 6.07) is 31.6. The first kappa shape index (κ1) is 17.4. The van der Waals surface area contributed by atoms with E-state index in [-0.39, 0.29) is 6.04 Å². The summed E-state index contributed by atoms with van der Waals surface area (Å²) in [5, 5.41) is 0. The molecular formula is C25H24N2. The van der Waals surface area contributed by atoms with E-state index in [0.717, 1.165) is 31.5 Å². The molecule has 3 aromatic carbocycles. The van der Waals surface area contributed by atoms with E-state index in [1.165, 1.54) is 22.4 Å². The molecule has 0 N–H and O–H groups in total. The molecule has 1 aliphatic rings. The molecule has 0 radical (unpaired) electrons. The van der Waals surface area contributed by atoms with Crippen molar-refractivity contribution in [1.29, 1.82) is 0 Å². The molecule has 0 amide bonds. The van der Waals surface area contributed by atoms with Gasteiger partial charge in [0.2, 0.25) is 0 Å². The summed E-state index contributed by atoms with van der Waals surface area (Å²) in [6.45, 7) is 0.957. The average molecular weight is 352 g/mol. The highest BCUT2D eigenvalue weighted by Crippen LogP contribution is 2.27. The van der Waals surface area contributed by atoms with E-state index in [2.05, 4.69) is 96.0 Å². The number of hydrogen-bond donors (Lipinski definition) is 0. The molecule has 0 spiro atoms. The third-order valence-electron chi connectivity index (χ3n) is 4.95. The van der Waals surface area contributed by atoms with Gasteiger partial charge in [0.25, 0.3) is 0 Å². The molecule has 1 aliphatic heterocycles. The largest absolute Gasteiger partial charge is 0.294 e. The summed E-state index contributed by atoms with van der Waals surface area (Å²) in [4.78, 5) is 9.98. The second-order valence-electron chi connectivity index (χ2n) is 6.89. The molecule has 0 saturated carbocycles.